The smallest absolute Gasteiger partial charge is 0.270 e. The second-order valence-electron chi connectivity index (χ2n) is 8.94. The van der Waals surface area contributed by atoms with Crippen LogP contribution in [0.25, 0.3) is 17.1 Å². The molecule has 8 heteroatoms. The average molecular weight is 502 g/mol. The van der Waals surface area contributed by atoms with Gasteiger partial charge in [-0.05, 0) is 40.8 Å². The third kappa shape index (κ3) is 5.47. The second-order valence-corrected chi connectivity index (χ2v) is 10.3. The minimum Gasteiger partial charge on any atom is -0.270 e. The Kier molecular flexibility index (Phi) is 6.78. The first-order valence-corrected chi connectivity index (χ1v) is 12.0. The van der Waals surface area contributed by atoms with E-state index in [0.29, 0.717) is 27.3 Å². The molecule has 0 aliphatic carbocycles. The standard InChI is InChI=1S/C26H23ClF3N3S/c1-25(2,3)19-12-10-18(11-13-19)23-31-32-24(33(23)22-9-5-8-21(27)15-22)34-16-17-6-4-7-20(14-17)26(28,29)30/h4-15H,16H2,1-3H3. The van der Waals surface area contributed by atoms with Crippen molar-refractivity contribution in [3.63, 3.8) is 0 Å². The Hall–Kier alpha value is -2.77. The molecule has 176 valence electrons. The van der Waals surface area contributed by atoms with E-state index in [2.05, 4.69) is 43.1 Å². The Labute approximate surface area is 206 Å². The number of hydrogen-bond donors (Lipinski definition) is 0. The van der Waals surface area contributed by atoms with E-state index in [4.69, 9.17) is 11.6 Å². The Bertz CT molecular complexity index is 1290. The molecule has 1 heterocycles. The molecule has 0 amide bonds. The van der Waals surface area contributed by atoms with E-state index in [1.807, 2.05) is 34.9 Å². The lowest BCUT2D eigenvalue weighted by molar-refractivity contribution is -0.137. The predicted octanol–water partition coefficient (Wildman–Crippen LogP) is 8.20. The van der Waals surface area contributed by atoms with Crippen LogP contribution in [0.3, 0.4) is 0 Å². The molecule has 4 aromatic rings. The van der Waals surface area contributed by atoms with Crippen LogP contribution in [-0.2, 0) is 17.3 Å². The maximum atomic E-state index is 13.1. The van der Waals surface area contributed by atoms with Crippen LogP contribution in [0.5, 0.6) is 0 Å². The van der Waals surface area contributed by atoms with Crippen molar-refractivity contribution in [1.82, 2.24) is 14.8 Å². The molecule has 0 fully saturated rings. The van der Waals surface area contributed by atoms with E-state index in [-0.39, 0.29) is 5.41 Å². The summed E-state index contributed by atoms with van der Waals surface area (Å²) in [4.78, 5) is 0. The zero-order valence-electron chi connectivity index (χ0n) is 18.9. The van der Waals surface area contributed by atoms with Crippen LogP contribution in [0.4, 0.5) is 13.2 Å². The molecular weight excluding hydrogens is 479 g/mol. The highest BCUT2D eigenvalue weighted by molar-refractivity contribution is 7.98. The molecular formula is C26H23ClF3N3S. The number of nitrogens with zero attached hydrogens (tertiary/aromatic N) is 3. The highest BCUT2D eigenvalue weighted by Gasteiger charge is 2.30. The molecule has 0 aliphatic heterocycles. The maximum Gasteiger partial charge on any atom is 0.416 e. The van der Waals surface area contributed by atoms with Gasteiger partial charge in [-0.2, -0.15) is 13.2 Å². The number of thioether (sulfide) groups is 1. The quantitative estimate of drug-likeness (QED) is 0.258. The molecule has 3 nitrogen and oxygen atoms in total. The van der Waals surface area contributed by atoms with Gasteiger partial charge in [-0.1, -0.05) is 92.7 Å². The lowest BCUT2D eigenvalue weighted by atomic mass is 9.87. The maximum absolute atomic E-state index is 13.1. The van der Waals surface area contributed by atoms with E-state index in [1.54, 1.807) is 12.1 Å². The molecule has 34 heavy (non-hydrogen) atoms. The van der Waals surface area contributed by atoms with Gasteiger partial charge in [-0.3, -0.25) is 4.57 Å². The molecule has 0 spiro atoms. The molecule has 0 atom stereocenters. The molecule has 0 saturated heterocycles. The van der Waals surface area contributed by atoms with Gasteiger partial charge in [0, 0.05) is 16.3 Å². The normalized spacial score (nSPS) is 12.2. The zero-order valence-corrected chi connectivity index (χ0v) is 20.5. The highest BCUT2D eigenvalue weighted by atomic mass is 35.5. The molecule has 0 aliphatic rings. The fraction of sp³-hybridized carbons (Fsp3) is 0.231. The van der Waals surface area contributed by atoms with Crippen LogP contribution < -0.4 is 0 Å². The molecule has 0 N–H and O–H groups in total. The monoisotopic (exact) mass is 501 g/mol. The van der Waals surface area contributed by atoms with Gasteiger partial charge in [0.1, 0.15) is 0 Å². The zero-order chi connectivity index (χ0) is 24.5. The van der Waals surface area contributed by atoms with Gasteiger partial charge in [0.2, 0.25) is 0 Å². The molecule has 4 rings (SSSR count). The first kappa shape index (κ1) is 24.4. The van der Waals surface area contributed by atoms with Crippen molar-refractivity contribution in [3.05, 3.63) is 94.5 Å². The van der Waals surface area contributed by atoms with Gasteiger partial charge in [0.15, 0.2) is 11.0 Å². The van der Waals surface area contributed by atoms with Crippen molar-refractivity contribution in [2.24, 2.45) is 0 Å². The van der Waals surface area contributed by atoms with E-state index >= 15 is 0 Å². The number of hydrogen-bond acceptors (Lipinski definition) is 3. The Morgan fingerprint density at radius 3 is 2.21 bits per heavy atom. The van der Waals surface area contributed by atoms with Gasteiger partial charge in [0.05, 0.1) is 11.3 Å². The van der Waals surface area contributed by atoms with Crippen molar-refractivity contribution in [2.75, 3.05) is 0 Å². The van der Waals surface area contributed by atoms with Gasteiger partial charge in [0.25, 0.3) is 0 Å². The largest absolute Gasteiger partial charge is 0.416 e. The second kappa shape index (κ2) is 9.47. The summed E-state index contributed by atoms with van der Waals surface area (Å²) in [7, 11) is 0. The van der Waals surface area contributed by atoms with Crippen LogP contribution in [0.1, 0.15) is 37.5 Å². The van der Waals surface area contributed by atoms with Crippen LogP contribution >= 0.6 is 23.4 Å². The summed E-state index contributed by atoms with van der Waals surface area (Å²) in [6, 6.07) is 20.8. The minimum absolute atomic E-state index is 0.0190. The van der Waals surface area contributed by atoms with Crippen LogP contribution in [-0.4, -0.2) is 14.8 Å². The Balaban J connectivity index is 1.71. The molecule has 0 radical (unpaired) electrons. The lowest BCUT2D eigenvalue weighted by Crippen LogP contribution is -2.10. The van der Waals surface area contributed by atoms with E-state index < -0.39 is 11.7 Å². The Morgan fingerprint density at radius 2 is 1.56 bits per heavy atom. The highest BCUT2D eigenvalue weighted by Crippen LogP contribution is 2.34. The summed E-state index contributed by atoms with van der Waals surface area (Å²) in [5, 5.41) is 9.92. The summed E-state index contributed by atoms with van der Waals surface area (Å²) in [6.07, 6.45) is -4.38. The molecule has 0 bridgehead atoms. The van der Waals surface area contributed by atoms with Crippen LogP contribution in [0.15, 0.2) is 78.0 Å². The number of alkyl halides is 3. The van der Waals surface area contributed by atoms with Gasteiger partial charge < -0.3 is 0 Å². The van der Waals surface area contributed by atoms with Crippen molar-refractivity contribution in [2.45, 2.75) is 43.3 Å². The average Bonchev–Trinajstić information content (AvgIpc) is 3.21. The third-order valence-corrected chi connectivity index (χ3v) is 6.57. The summed E-state index contributed by atoms with van der Waals surface area (Å²) in [5.41, 5.74) is 2.76. The number of halogens is 4. The molecule has 0 unspecified atom stereocenters. The predicted molar refractivity (Wildman–Crippen MR) is 132 cm³/mol. The van der Waals surface area contributed by atoms with E-state index in [0.717, 1.165) is 17.3 Å². The topological polar surface area (TPSA) is 30.7 Å². The summed E-state index contributed by atoms with van der Waals surface area (Å²) in [5.74, 6) is 0.945. The number of aromatic nitrogens is 3. The Morgan fingerprint density at radius 1 is 0.853 bits per heavy atom. The van der Waals surface area contributed by atoms with Gasteiger partial charge in [-0.15, -0.1) is 10.2 Å². The lowest BCUT2D eigenvalue weighted by Gasteiger charge is -2.19. The first-order valence-electron chi connectivity index (χ1n) is 10.6. The van der Waals surface area contributed by atoms with Gasteiger partial charge >= 0.3 is 6.18 Å². The van der Waals surface area contributed by atoms with Crippen molar-refractivity contribution >= 4 is 23.4 Å². The van der Waals surface area contributed by atoms with Crippen LogP contribution in [0.2, 0.25) is 5.02 Å². The number of benzene rings is 3. The summed E-state index contributed by atoms with van der Waals surface area (Å²) >= 11 is 7.57. The molecule has 1 aromatic heterocycles. The molecule has 0 saturated carbocycles. The van der Waals surface area contributed by atoms with Crippen molar-refractivity contribution in [3.8, 4) is 17.1 Å². The summed E-state index contributed by atoms with van der Waals surface area (Å²) in [6.45, 7) is 6.46. The fourth-order valence-electron chi connectivity index (χ4n) is 3.50. The third-order valence-electron chi connectivity index (χ3n) is 5.33. The summed E-state index contributed by atoms with van der Waals surface area (Å²) < 4.78 is 41.2. The van der Waals surface area contributed by atoms with Gasteiger partial charge in [-0.25, -0.2) is 0 Å². The SMILES string of the molecule is CC(C)(C)c1ccc(-c2nnc(SCc3cccc(C(F)(F)F)c3)n2-c2cccc(Cl)c2)cc1. The fourth-order valence-corrected chi connectivity index (χ4v) is 4.58. The minimum atomic E-state index is -4.38. The molecule has 3 aromatic carbocycles. The van der Waals surface area contributed by atoms with Crippen LogP contribution in [0, 0.1) is 0 Å². The van der Waals surface area contributed by atoms with Crippen molar-refractivity contribution < 1.29 is 13.2 Å². The van der Waals surface area contributed by atoms with E-state index in [1.165, 1.54) is 29.5 Å². The van der Waals surface area contributed by atoms with E-state index in [9.17, 15) is 13.2 Å². The first-order chi connectivity index (χ1) is 16.0. The van der Waals surface area contributed by atoms with Crippen molar-refractivity contribution in [1.29, 1.82) is 0 Å². The number of rotatable bonds is 5.